The largest absolute Gasteiger partial charge is 0.411 e. The van der Waals surface area contributed by atoms with Gasteiger partial charge in [0.2, 0.25) is 0 Å². The number of hydrogen-bond donors (Lipinski definition) is 1. The number of carbonyl (C=O) groups excluding carboxylic acids is 1. The van der Waals surface area contributed by atoms with Crippen molar-refractivity contribution in [3.05, 3.63) is 42.6 Å². The third-order valence-corrected chi connectivity index (χ3v) is 3.88. The van der Waals surface area contributed by atoms with Gasteiger partial charge in [-0.05, 0) is 31.4 Å². The molecule has 1 aliphatic rings. The van der Waals surface area contributed by atoms with Crippen molar-refractivity contribution in [2.75, 3.05) is 0 Å². The summed E-state index contributed by atoms with van der Waals surface area (Å²) < 4.78 is 40.9. The summed E-state index contributed by atoms with van der Waals surface area (Å²) in [5, 5.41) is 2.14. The van der Waals surface area contributed by atoms with Crippen LogP contribution in [-0.2, 0) is 0 Å². The number of aromatic nitrogens is 3. The highest BCUT2D eigenvalue weighted by Crippen LogP contribution is 2.45. The summed E-state index contributed by atoms with van der Waals surface area (Å²) in [6.07, 6.45) is 1.90. The Morgan fingerprint density at radius 1 is 1.32 bits per heavy atom. The lowest BCUT2D eigenvalue weighted by atomic mass is 9.76. The third kappa shape index (κ3) is 2.44. The van der Waals surface area contributed by atoms with Crippen LogP contribution < -0.4 is 5.32 Å². The van der Waals surface area contributed by atoms with Crippen molar-refractivity contribution < 1.29 is 18.0 Å². The van der Waals surface area contributed by atoms with Crippen LogP contribution in [0.2, 0.25) is 0 Å². The maximum absolute atomic E-state index is 13.1. The molecule has 1 aliphatic carbocycles. The van der Waals surface area contributed by atoms with E-state index in [-0.39, 0.29) is 18.4 Å². The predicted octanol–water partition coefficient (Wildman–Crippen LogP) is 2.48. The molecule has 0 aromatic carbocycles. The Balaban J connectivity index is 1.83. The monoisotopic (exact) mass is 310 g/mol. The molecule has 0 bridgehead atoms. The van der Waals surface area contributed by atoms with Crippen LogP contribution in [0.1, 0.15) is 29.6 Å². The molecule has 0 unspecified atom stereocenters. The standard InChI is InChI=1S/C14H13F3N4O/c15-14(16,17)13(3-1-4-13)20-12(22)10-2-5-19-11(8-10)21-7-6-18-9-21/h2,5-9H,1,3-4H2,(H,20,22). The van der Waals surface area contributed by atoms with E-state index in [9.17, 15) is 18.0 Å². The minimum atomic E-state index is -4.44. The number of nitrogens with zero attached hydrogens (tertiary/aromatic N) is 3. The van der Waals surface area contributed by atoms with Gasteiger partial charge < -0.3 is 5.32 Å². The zero-order chi connectivity index (χ0) is 15.8. The molecule has 116 valence electrons. The lowest BCUT2D eigenvalue weighted by Crippen LogP contribution is -2.63. The topological polar surface area (TPSA) is 59.8 Å². The Hall–Kier alpha value is -2.38. The van der Waals surface area contributed by atoms with E-state index >= 15 is 0 Å². The number of rotatable bonds is 3. The average Bonchev–Trinajstić information content (AvgIpc) is 2.95. The molecular weight excluding hydrogens is 297 g/mol. The molecule has 22 heavy (non-hydrogen) atoms. The summed E-state index contributed by atoms with van der Waals surface area (Å²) in [7, 11) is 0. The van der Waals surface area contributed by atoms with Gasteiger partial charge in [0, 0.05) is 24.2 Å². The first-order valence-corrected chi connectivity index (χ1v) is 6.75. The molecule has 0 saturated heterocycles. The minimum absolute atomic E-state index is 0.0816. The number of nitrogens with one attached hydrogen (secondary N) is 1. The summed E-state index contributed by atoms with van der Waals surface area (Å²) >= 11 is 0. The van der Waals surface area contributed by atoms with Gasteiger partial charge in [-0.1, -0.05) is 0 Å². The van der Waals surface area contributed by atoms with Crippen LogP contribution >= 0.6 is 0 Å². The molecular formula is C14H13F3N4O. The molecule has 3 rings (SSSR count). The summed E-state index contributed by atoms with van der Waals surface area (Å²) in [6.45, 7) is 0. The molecule has 1 fully saturated rings. The summed E-state index contributed by atoms with van der Waals surface area (Å²) in [6, 6.07) is 2.82. The van der Waals surface area contributed by atoms with Crippen LogP contribution in [0.4, 0.5) is 13.2 Å². The summed E-state index contributed by atoms with van der Waals surface area (Å²) in [5.41, 5.74) is -1.96. The molecule has 0 aliphatic heterocycles. The summed E-state index contributed by atoms with van der Waals surface area (Å²) in [5.74, 6) is -0.333. The highest BCUT2D eigenvalue weighted by Gasteiger charge is 2.59. The van der Waals surface area contributed by atoms with Crippen molar-refractivity contribution >= 4 is 5.91 Å². The van der Waals surface area contributed by atoms with E-state index < -0.39 is 17.6 Å². The molecule has 8 heteroatoms. The zero-order valence-electron chi connectivity index (χ0n) is 11.5. The van der Waals surface area contributed by atoms with Gasteiger partial charge in [-0.2, -0.15) is 13.2 Å². The highest BCUT2D eigenvalue weighted by molar-refractivity contribution is 5.95. The van der Waals surface area contributed by atoms with Crippen LogP contribution in [-0.4, -0.2) is 32.2 Å². The van der Waals surface area contributed by atoms with Crippen LogP contribution in [0.25, 0.3) is 5.82 Å². The van der Waals surface area contributed by atoms with Gasteiger partial charge in [-0.25, -0.2) is 9.97 Å². The van der Waals surface area contributed by atoms with Crippen molar-refractivity contribution in [3.8, 4) is 5.82 Å². The zero-order valence-corrected chi connectivity index (χ0v) is 11.5. The number of imidazole rings is 1. The van der Waals surface area contributed by atoms with Gasteiger partial charge in [-0.15, -0.1) is 0 Å². The van der Waals surface area contributed by atoms with E-state index in [1.165, 1.54) is 24.7 Å². The van der Waals surface area contributed by atoms with E-state index in [0.29, 0.717) is 12.2 Å². The molecule has 0 atom stereocenters. The van der Waals surface area contributed by atoms with Gasteiger partial charge in [0.15, 0.2) is 0 Å². The van der Waals surface area contributed by atoms with E-state index in [4.69, 9.17) is 0 Å². The Bertz CT molecular complexity index is 678. The second-order valence-electron chi connectivity index (χ2n) is 5.26. The second kappa shape index (κ2) is 5.11. The first-order chi connectivity index (χ1) is 10.4. The fraction of sp³-hybridized carbons (Fsp3) is 0.357. The maximum atomic E-state index is 13.1. The highest BCUT2D eigenvalue weighted by atomic mass is 19.4. The van der Waals surface area contributed by atoms with Crippen LogP contribution in [0.15, 0.2) is 37.1 Å². The second-order valence-corrected chi connectivity index (χ2v) is 5.26. The molecule has 2 aromatic heterocycles. The van der Waals surface area contributed by atoms with Crippen LogP contribution in [0, 0.1) is 0 Å². The maximum Gasteiger partial charge on any atom is 0.411 e. The lowest BCUT2D eigenvalue weighted by Gasteiger charge is -2.43. The molecule has 0 spiro atoms. The van der Waals surface area contributed by atoms with Crippen LogP contribution in [0.5, 0.6) is 0 Å². The fourth-order valence-corrected chi connectivity index (χ4v) is 2.39. The predicted molar refractivity (Wildman–Crippen MR) is 71.5 cm³/mol. The Kier molecular flexibility index (Phi) is 3.38. The molecule has 2 aromatic rings. The minimum Gasteiger partial charge on any atom is -0.338 e. The Morgan fingerprint density at radius 3 is 2.64 bits per heavy atom. The van der Waals surface area contributed by atoms with E-state index in [0.717, 1.165) is 0 Å². The van der Waals surface area contributed by atoms with Crippen molar-refractivity contribution in [3.63, 3.8) is 0 Å². The van der Waals surface area contributed by atoms with Gasteiger partial charge in [0.1, 0.15) is 17.7 Å². The Morgan fingerprint density at radius 2 is 2.09 bits per heavy atom. The molecule has 5 nitrogen and oxygen atoms in total. The number of halogens is 3. The first kappa shape index (κ1) is 14.6. The Labute approximate surface area is 124 Å². The van der Waals surface area contributed by atoms with E-state index in [2.05, 4.69) is 15.3 Å². The van der Waals surface area contributed by atoms with Crippen LogP contribution in [0.3, 0.4) is 0 Å². The molecule has 1 N–H and O–H groups in total. The molecule has 0 radical (unpaired) electrons. The first-order valence-electron chi connectivity index (χ1n) is 6.75. The van der Waals surface area contributed by atoms with Crippen molar-refractivity contribution in [2.45, 2.75) is 31.0 Å². The lowest BCUT2D eigenvalue weighted by molar-refractivity contribution is -0.215. The normalized spacial score (nSPS) is 16.9. The number of alkyl halides is 3. The third-order valence-electron chi connectivity index (χ3n) is 3.88. The SMILES string of the molecule is O=C(NC1(C(F)(F)F)CCC1)c1ccnc(-n2ccnc2)c1. The van der Waals surface area contributed by atoms with Gasteiger partial charge in [0.25, 0.3) is 5.91 Å². The van der Waals surface area contributed by atoms with Crippen molar-refractivity contribution in [1.29, 1.82) is 0 Å². The average molecular weight is 310 g/mol. The molecule has 1 saturated carbocycles. The fourth-order valence-electron chi connectivity index (χ4n) is 2.39. The van der Waals surface area contributed by atoms with Crippen molar-refractivity contribution in [1.82, 2.24) is 19.9 Å². The number of pyridine rings is 1. The quantitative estimate of drug-likeness (QED) is 0.947. The number of carbonyl (C=O) groups is 1. The van der Waals surface area contributed by atoms with Gasteiger partial charge in [-0.3, -0.25) is 9.36 Å². The summed E-state index contributed by atoms with van der Waals surface area (Å²) in [4.78, 5) is 20.1. The number of amides is 1. The molecule has 2 heterocycles. The van der Waals surface area contributed by atoms with Gasteiger partial charge >= 0.3 is 6.18 Å². The number of hydrogen-bond acceptors (Lipinski definition) is 3. The molecule has 1 amide bonds. The van der Waals surface area contributed by atoms with E-state index in [1.54, 1.807) is 17.0 Å². The van der Waals surface area contributed by atoms with Gasteiger partial charge in [0.05, 0.1) is 0 Å². The smallest absolute Gasteiger partial charge is 0.338 e. The van der Waals surface area contributed by atoms with E-state index in [1.807, 2.05) is 0 Å². The van der Waals surface area contributed by atoms with Crippen molar-refractivity contribution in [2.24, 2.45) is 0 Å².